The standard InChI is InChI=1S/C14H27N3O2/c1-5-14(8-9-15-10-14)13(19)16-11(4)12(18)17(6-2)7-3/h11,15H,5-10H2,1-4H3,(H,16,19). The third-order valence-corrected chi connectivity index (χ3v) is 4.20. The molecule has 2 unspecified atom stereocenters. The van der Waals surface area contributed by atoms with Crippen molar-refractivity contribution >= 4 is 11.8 Å². The molecule has 0 aromatic carbocycles. The van der Waals surface area contributed by atoms with E-state index >= 15 is 0 Å². The van der Waals surface area contributed by atoms with Gasteiger partial charge in [0, 0.05) is 19.6 Å². The summed E-state index contributed by atoms with van der Waals surface area (Å²) in [6.45, 7) is 10.6. The minimum Gasteiger partial charge on any atom is -0.344 e. The Bertz CT molecular complexity index is 321. The van der Waals surface area contributed by atoms with Crippen LogP contribution in [0, 0.1) is 5.41 Å². The SMILES string of the molecule is CCN(CC)C(=O)C(C)NC(=O)C1(CC)CCNC1. The van der Waals surface area contributed by atoms with Gasteiger partial charge in [0.1, 0.15) is 6.04 Å². The van der Waals surface area contributed by atoms with Crippen molar-refractivity contribution in [3.8, 4) is 0 Å². The first-order valence-corrected chi connectivity index (χ1v) is 7.31. The zero-order valence-electron chi connectivity index (χ0n) is 12.6. The molecule has 1 aliphatic heterocycles. The molecule has 1 heterocycles. The third-order valence-electron chi connectivity index (χ3n) is 4.20. The van der Waals surface area contributed by atoms with E-state index in [1.54, 1.807) is 11.8 Å². The van der Waals surface area contributed by atoms with Crippen molar-refractivity contribution in [1.29, 1.82) is 0 Å². The van der Waals surface area contributed by atoms with Crippen LogP contribution in [0.2, 0.25) is 0 Å². The molecule has 5 nitrogen and oxygen atoms in total. The van der Waals surface area contributed by atoms with Gasteiger partial charge < -0.3 is 15.5 Å². The van der Waals surface area contributed by atoms with Crippen LogP contribution in [0.15, 0.2) is 0 Å². The number of amides is 2. The zero-order chi connectivity index (χ0) is 14.5. The Kier molecular flexibility index (Phi) is 5.79. The molecule has 110 valence electrons. The molecule has 1 fully saturated rings. The van der Waals surface area contributed by atoms with Crippen LogP contribution < -0.4 is 10.6 Å². The summed E-state index contributed by atoms with van der Waals surface area (Å²) in [6.07, 6.45) is 1.65. The second kappa shape index (κ2) is 6.89. The second-order valence-corrected chi connectivity index (χ2v) is 5.27. The number of likely N-dealkylation sites (N-methyl/N-ethyl adjacent to an activating group) is 1. The van der Waals surface area contributed by atoms with Gasteiger partial charge in [-0.15, -0.1) is 0 Å². The van der Waals surface area contributed by atoms with Crippen LogP contribution in [-0.4, -0.2) is 48.9 Å². The van der Waals surface area contributed by atoms with E-state index in [4.69, 9.17) is 0 Å². The van der Waals surface area contributed by atoms with Crippen LogP contribution in [0.4, 0.5) is 0 Å². The van der Waals surface area contributed by atoms with E-state index in [2.05, 4.69) is 10.6 Å². The van der Waals surface area contributed by atoms with E-state index in [-0.39, 0.29) is 17.2 Å². The molecular weight excluding hydrogens is 242 g/mol. The summed E-state index contributed by atoms with van der Waals surface area (Å²) in [4.78, 5) is 26.3. The summed E-state index contributed by atoms with van der Waals surface area (Å²) >= 11 is 0. The molecule has 0 spiro atoms. The summed E-state index contributed by atoms with van der Waals surface area (Å²) in [5.74, 6) is 0.00330. The molecule has 0 bridgehead atoms. The minimum absolute atomic E-state index is 0.00411. The van der Waals surface area contributed by atoms with Gasteiger partial charge in [0.15, 0.2) is 0 Å². The van der Waals surface area contributed by atoms with Gasteiger partial charge >= 0.3 is 0 Å². The molecule has 5 heteroatoms. The fraction of sp³-hybridized carbons (Fsp3) is 0.857. The van der Waals surface area contributed by atoms with E-state index in [1.807, 2.05) is 20.8 Å². The summed E-state index contributed by atoms with van der Waals surface area (Å²) in [5.41, 5.74) is -0.336. The van der Waals surface area contributed by atoms with Gasteiger partial charge in [-0.3, -0.25) is 9.59 Å². The smallest absolute Gasteiger partial charge is 0.244 e. The highest BCUT2D eigenvalue weighted by molar-refractivity contribution is 5.90. The van der Waals surface area contributed by atoms with Gasteiger partial charge in [-0.2, -0.15) is 0 Å². The maximum atomic E-state index is 12.4. The summed E-state index contributed by atoms with van der Waals surface area (Å²) in [7, 11) is 0. The number of rotatable bonds is 6. The topological polar surface area (TPSA) is 61.4 Å². The third kappa shape index (κ3) is 3.47. The van der Waals surface area contributed by atoms with Crippen LogP contribution in [-0.2, 0) is 9.59 Å². The van der Waals surface area contributed by atoms with Gasteiger partial charge in [0.2, 0.25) is 11.8 Å². The Labute approximate surface area is 116 Å². The highest BCUT2D eigenvalue weighted by atomic mass is 16.2. The van der Waals surface area contributed by atoms with Gasteiger partial charge in [0.25, 0.3) is 0 Å². The fourth-order valence-electron chi connectivity index (χ4n) is 2.62. The van der Waals surface area contributed by atoms with E-state index in [0.717, 1.165) is 19.4 Å². The van der Waals surface area contributed by atoms with E-state index in [0.29, 0.717) is 19.6 Å². The summed E-state index contributed by atoms with van der Waals surface area (Å²) in [5, 5.41) is 6.13. The van der Waals surface area contributed by atoms with Crippen molar-refractivity contribution in [2.45, 2.75) is 46.6 Å². The molecule has 1 aliphatic rings. The summed E-state index contributed by atoms with van der Waals surface area (Å²) < 4.78 is 0. The first kappa shape index (κ1) is 16.0. The first-order valence-electron chi connectivity index (χ1n) is 7.31. The maximum absolute atomic E-state index is 12.4. The average molecular weight is 269 g/mol. The van der Waals surface area contributed by atoms with Crippen molar-refractivity contribution < 1.29 is 9.59 Å². The molecule has 1 rings (SSSR count). The molecule has 2 amide bonds. The number of hydrogen-bond acceptors (Lipinski definition) is 3. The molecule has 0 radical (unpaired) electrons. The number of nitrogens with one attached hydrogen (secondary N) is 2. The maximum Gasteiger partial charge on any atom is 0.244 e. The molecule has 0 aromatic rings. The van der Waals surface area contributed by atoms with Crippen molar-refractivity contribution in [3.05, 3.63) is 0 Å². The number of carbonyl (C=O) groups is 2. The Morgan fingerprint density at radius 3 is 2.37 bits per heavy atom. The lowest BCUT2D eigenvalue weighted by Crippen LogP contribution is -2.51. The second-order valence-electron chi connectivity index (χ2n) is 5.27. The van der Waals surface area contributed by atoms with E-state index in [1.165, 1.54) is 0 Å². The normalized spacial score (nSPS) is 24.0. The number of nitrogens with zero attached hydrogens (tertiary/aromatic N) is 1. The zero-order valence-corrected chi connectivity index (χ0v) is 12.6. The molecule has 0 saturated carbocycles. The number of hydrogen-bond donors (Lipinski definition) is 2. The predicted octanol–water partition coefficient (Wildman–Crippen LogP) is 0.749. The lowest BCUT2D eigenvalue weighted by Gasteiger charge is -2.29. The first-order chi connectivity index (χ1) is 9.00. The summed E-state index contributed by atoms with van der Waals surface area (Å²) in [6, 6.07) is -0.448. The largest absolute Gasteiger partial charge is 0.344 e. The quantitative estimate of drug-likeness (QED) is 0.748. The predicted molar refractivity (Wildman–Crippen MR) is 75.7 cm³/mol. The molecule has 0 aliphatic carbocycles. The van der Waals surface area contributed by atoms with Crippen molar-refractivity contribution in [2.24, 2.45) is 5.41 Å². The van der Waals surface area contributed by atoms with Gasteiger partial charge in [0.05, 0.1) is 5.41 Å². The Morgan fingerprint density at radius 1 is 1.32 bits per heavy atom. The van der Waals surface area contributed by atoms with Gasteiger partial charge in [-0.25, -0.2) is 0 Å². The van der Waals surface area contributed by atoms with Crippen LogP contribution in [0.25, 0.3) is 0 Å². The molecule has 1 saturated heterocycles. The molecular formula is C14H27N3O2. The lowest BCUT2D eigenvalue weighted by atomic mass is 9.83. The molecule has 2 N–H and O–H groups in total. The van der Waals surface area contributed by atoms with Crippen molar-refractivity contribution in [2.75, 3.05) is 26.2 Å². The Hall–Kier alpha value is -1.10. The van der Waals surface area contributed by atoms with Gasteiger partial charge in [-0.05, 0) is 40.2 Å². The minimum atomic E-state index is -0.448. The average Bonchev–Trinajstić information content (AvgIpc) is 2.89. The molecule has 19 heavy (non-hydrogen) atoms. The van der Waals surface area contributed by atoms with Crippen molar-refractivity contribution in [3.63, 3.8) is 0 Å². The lowest BCUT2D eigenvalue weighted by molar-refractivity contribution is -0.138. The van der Waals surface area contributed by atoms with Crippen LogP contribution in [0.1, 0.15) is 40.5 Å². The highest BCUT2D eigenvalue weighted by Gasteiger charge is 2.40. The van der Waals surface area contributed by atoms with E-state index in [9.17, 15) is 9.59 Å². The van der Waals surface area contributed by atoms with Crippen LogP contribution >= 0.6 is 0 Å². The molecule has 0 aromatic heterocycles. The van der Waals surface area contributed by atoms with Crippen molar-refractivity contribution in [1.82, 2.24) is 15.5 Å². The van der Waals surface area contributed by atoms with E-state index < -0.39 is 6.04 Å². The number of carbonyl (C=O) groups excluding carboxylic acids is 2. The van der Waals surface area contributed by atoms with Gasteiger partial charge in [-0.1, -0.05) is 6.92 Å². The van der Waals surface area contributed by atoms with Crippen LogP contribution in [0.3, 0.4) is 0 Å². The molecule has 2 atom stereocenters. The highest BCUT2D eigenvalue weighted by Crippen LogP contribution is 2.29. The van der Waals surface area contributed by atoms with Crippen LogP contribution in [0.5, 0.6) is 0 Å². The Balaban J connectivity index is 2.63. The Morgan fingerprint density at radius 2 is 1.95 bits per heavy atom. The fourth-order valence-corrected chi connectivity index (χ4v) is 2.62. The monoisotopic (exact) mass is 269 g/mol.